The van der Waals surface area contributed by atoms with Crippen LogP contribution in [0.1, 0.15) is 144 Å². The van der Waals surface area contributed by atoms with Gasteiger partial charge in [-0.05, 0) is 126 Å². The Kier molecular flexibility index (Phi) is 19.9. The summed E-state index contributed by atoms with van der Waals surface area (Å²) in [5, 5.41) is 91.8. The molecule has 0 aromatic carbocycles. The van der Waals surface area contributed by atoms with Gasteiger partial charge in [0.2, 0.25) is 5.91 Å². The molecule has 4 saturated carbocycles. The van der Waals surface area contributed by atoms with E-state index in [0.29, 0.717) is 43.3 Å². The number of fused-ring (bicyclic) bond motifs is 6. The second-order valence-corrected chi connectivity index (χ2v) is 27.1. The highest BCUT2D eigenvalue weighted by Crippen LogP contribution is 2.69. The summed E-state index contributed by atoms with van der Waals surface area (Å²) in [6, 6.07) is -0.992. The summed E-state index contributed by atoms with van der Waals surface area (Å²) in [7, 11) is 0. The minimum atomic E-state index is -1.31. The number of nitrogens with two attached hydrogens (primary N) is 1. The van der Waals surface area contributed by atoms with Crippen molar-refractivity contribution < 1.29 is 88.3 Å². The number of unbranched alkanes of at least 4 members (excludes halogenated alkanes) is 2. The van der Waals surface area contributed by atoms with Crippen LogP contribution in [0.3, 0.4) is 0 Å². The SMILES string of the molecule is C[C@H]1OCC(O[C@H]2[C@@H](O)C[C@H](O[C@@H]3CC[C@@]4(C)[C@H](CCC5[C@@H]4C[C@@H](O)[C@]4(C)[C@@H](C)CC[C@]54O)C3)O[C@@H]2C)[C@H](O)[C@@H]1OC1C[C@H](O)[C@H](OCCCCCC(=O)Nc2ncnc3c2ncn3C2O[C@H](CSCC[C@H](N)C(=O)O)[C@@H](O)[C@H]2O)[C@@H](C)O1. The van der Waals surface area contributed by atoms with Crippen LogP contribution in [0.15, 0.2) is 12.7 Å². The lowest BCUT2D eigenvalue weighted by atomic mass is 9.43. The number of nitrogens with one attached hydrogen (secondary N) is 1. The monoisotopic (exact) mass is 1190 g/mol. The number of imidazole rings is 1. The largest absolute Gasteiger partial charge is 0.480 e. The van der Waals surface area contributed by atoms with Crippen LogP contribution in [-0.4, -0.2) is 213 Å². The van der Waals surface area contributed by atoms with Gasteiger partial charge in [-0.2, -0.15) is 11.8 Å². The normalized spacial score (nSPS) is 44.9. The zero-order chi connectivity index (χ0) is 59.3. The van der Waals surface area contributed by atoms with E-state index in [9.17, 15) is 45.3 Å². The second-order valence-electron chi connectivity index (χ2n) is 25.9. The molecular weight excluding hydrogens is 1100 g/mol. The van der Waals surface area contributed by atoms with Gasteiger partial charge in [-0.15, -0.1) is 0 Å². The lowest BCUT2D eigenvalue weighted by Gasteiger charge is -2.65. The molecule has 0 spiro atoms. The standard InChI is InChI=1S/C58H92N6O18S/c1-28-13-17-58(74)34-12-11-32-20-33(14-16-56(32,5)35(34)21-41(67)57(28,58)6)79-43-23-38(66)50(31(4)78-43)80-39-24-76-29(2)51(47(39)70)82-44-22-37(65)49(30(3)77-44)75-18-9-7-8-10-42(68)63-52-45-53(61-26-60-52)64(27-62-45)54-48(71)46(69)40(81-54)25-83-19-15-36(59)55(72)73/h26-41,43-44,46-51,54,65-67,69-71,74H,7-25,59H2,1-6H3,(H,72,73)(H,60,61,63,68)/t28-,29+,30+,31+,32+,33+,34?,35-,36-,37-,38-,39?,40+,41+,43-,44?,46+,47-,48+,49+,50+,51+,54?,56-,57-,58-/m0/s1. The fraction of sp³-hybridized carbons (Fsp3) is 0.879. The maximum Gasteiger partial charge on any atom is 0.320 e. The number of carboxylic acids is 1. The second kappa shape index (κ2) is 26.1. The number of rotatable bonds is 21. The predicted octanol–water partition coefficient (Wildman–Crippen LogP) is 2.92. The summed E-state index contributed by atoms with van der Waals surface area (Å²) < 4.78 is 51.5. The highest BCUT2D eigenvalue weighted by Gasteiger charge is 2.69. The smallest absolute Gasteiger partial charge is 0.320 e. The Morgan fingerprint density at radius 1 is 0.807 bits per heavy atom. The number of carboxylic acid groups (broad SMARTS) is 1. The number of amides is 1. The third-order valence-electron chi connectivity index (χ3n) is 21.1. The number of aliphatic carboxylic acids is 1. The maximum atomic E-state index is 13.0. The Hall–Kier alpha value is -2.80. The molecule has 2 aromatic rings. The van der Waals surface area contributed by atoms with Crippen molar-refractivity contribution in [3.05, 3.63) is 12.7 Å². The van der Waals surface area contributed by atoms with Crippen molar-refractivity contribution in [2.45, 2.75) is 260 Å². The van der Waals surface area contributed by atoms with Gasteiger partial charge in [-0.3, -0.25) is 14.2 Å². The number of thioether (sulfide) groups is 1. The third-order valence-corrected chi connectivity index (χ3v) is 22.2. The van der Waals surface area contributed by atoms with Crippen LogP contribution < -0.4 is 11.1 Å². The van der Waals surface area contributed by atoms with Crippen molar-refractivity contribution in [1.82, 2.24) is 19.5 Å². The Labute approximate surface area is 489 Å². The predicted molar refractivity (Wildman–Crippen MR) is 299 cm³/mol. The van der Waals surface area contributed by atoms with Crippen LogP contribution in [-0.2, 0) is 47.5 Å². The first-order valence-electron chi connectivity index (χ1n) is 30.5. The Morgan fingerprint density at radius 3 is 2.28 bits per heavy atom. The molecule has 0 bridgehead atoms. The van der Waals surface area contributed by atoms with Crippen LogP contribution in [0.25, 0.3) is 11.2 Å². The summed E-state index contributed by atoms with van der Waals surface area (Å²) >= 11 is 1.35. The number of aliphatic hydroxyl groups excluding tert-OH is 6. The van der Waals surface area contributed by atoms with Crippen molar-refractivity contribution >= 4 is 40.6 Å². The van der Waals surface area contributed by atoms with E-state index in [1.165, 1.54) is 29.0 Å². The van der Waals surface area contributed by atoms with Crippen molar-refractivity contribution in [3.63, 3.8) is 0 Å². The molecule has 83 heavy (non-hydrogen) atoms. The quantitative estimate of drug-likeness (QED) is 0.0634. The van der Waals surface area contributed by atoms with E-state index in [0.717, 1.165) is 51.4 Å². The molecular formula is C58H92N6O18S. The fourth-order valence-electron chi connectivity index (χ4n) is 15.8. The summed E-state index contributed by atoms with van der Waals surface area (Å²) in [5.41, 5.74) is 4.81. The molecule has 8 fully saturated rings. The number of carbonyl (C=O) groups is 2. The third kappa shape index (κ3) is 12.6. The number of anilines is 1. The van der Waals surface area contributed by atoms with Crippen molar-refractivity contribution in [1.29, 1.82) is 0 Å². The molecule has 10 rings (SSSR count). The summed E-state index contributed by atoms with van der Waals surface area (Å²) in [6.45, 7) is 12.5. The topological polar surface area (TPSA) is 351 Å². The Balaban J connectivity index is 0.622. The van der Waals surface area contributed by atoms with Crippen LogP contribution >= 0.6 is 11.8 Å². The number of hydrogen-bond acceptors (Lipinski definition) is 22. The van der Waals surface area contributed by atoms with Crippen molar-refractivity contribution in [2.24, 2.45) is 40.2 Å². The first-order chi connectivity index (χ1) is 39.5. The number of hydrogen-bond donors (Lipinski definition) is 10. The molecule has 11 N–H and O–H groups in total. The Bertz CT molecular complexity index is 2500. The molecule has 4 aliphatic heterocycles. The fourth-order valence-corrected chi connectivity index (χ4v) is 16.9. The molecule has 6 heterocycles. The van der Waals surface area contributed by atoms with Crippen molar-refractivity contribution in [3.8, 4) is 0 Å². The average molecular weight is 1190 g/mol. The van der Waals surface area contributed by atoms with E-state index in [1.807, 2.05) is 6.92 Å². The van der Waals surface area contributed by atoms with Gasteiger partial charge in [-0.25, -0.2) is 15.0 Å². The lowest BCUT2D eigenvalue weighted by molar-refractivity contribution is -0.319. The molecule has 1 amide bonds. The van der Waals surface area contributed by atoms with Gasteiger partial charge < -0.3 is 89.8 Å². The number of aromatic nitrogens is 4. The molecule has 8 aliphatic rings. The van der Waals surface area contributed by atoms with Crippen LogP contribution in [0.2, 0.25) is 0 Å². The summed E-state index contributed by atoms with van der Waals surface area (Å²) in [4.78, 5) is 36.9. The van der Waals surface area contributed by atoms with Crippen molar-refractivity contribution in [2.75, 3.05) is 30.0 Å². The minimum Gasteiger partial charge on any atom is -0.480 e. The highest BCUT2D eigenvalue weighted by atomic mass is 32.2. The van der Waals surface area contributed by atoms with Gasteiger partial charge >= 0.3 is 5.97 Å². The molecule has 468 valence electrons. The zero-order valence-electron chi connectivity index (χ0n) is 48.8. The van der Waals surface area contributed by atoms with Crippen LogP contribution in [0.4, 0.5) is 5.82 Å². The molecule has 24 nitrogen and oxygen atoms in total. The average Bonchev–Trinajstić information content (AvgIpc) is 3.86. The molecule has 26 atom stereocenters. The molecule has 4 aliphatic carbocycles. The molecule has 4 unspecified atom stereocenters. The minimum absolute atomic E-state index is 0.00000997. The summed E-state index contributed by atoms with van der Waals surface area (Å²) in [6.07, 6.45) is -2.02. The van der Waals surface area contributed by atoms with Gasteiger partial charge in [0.1, 0.15) is 55.1 Å². The Morgan fingerprint density at radius 2 is 1.54 bits per heavy atom. The number of nitrogens with zero attached hydrogens (tertiary/aromatic N) is 4. The van der Waals surface area contributed by atoms with Crippen LogP contribution in [0, 0.1) is 34.5 Å². The molecule has 0 radical (unpaired) electrons. The van der Waals surface area contributed by atoms with E-state index in [-0.39, 0.29) is 84.5 Å². The van der Waals surface area contributed by atoms with E-state index in [1.54, 1.807) is 13.8 Å². The van der Waals surface area contributed by atoms with Gasteiger partial charge in [0.05, 0.1) is 67.4 Å². The number of aliphatic hydroxyl groups is 7. The maximum absolute atomic E-state index is 13.0. The highest BCUT2D eigenvalue weighted by molar-refractivity contribution is 7.99. The number of ether oxygens (including phenoxy) is 8. The van der Waals surface area contributed by atoms with E-state index < -0.39 is 127 Å². The van der Waals surface area contributed by atoms with Gasteiger partial charge in [0, 0.05) is 37.0 Å². The first-order valence-corrected chi connectivity index (χ1v) is 31.7. The van der Waals surface area contributed by atoms with Gasteiger partial charge in [0.15, 0.2) is 35.8 Å². The van der Waals surface area contributed by atoms with E-state index in [2.05, 4.69) is 41.0 Å². The van der Waals surface area contributed by atoms with E-state index in [4.69, 9.17) is 48.7 Å². The summed E-state index contributed by atoms with van der Waals surface area (Å²) in [5.74, 6) is 0.632. The number of carbonyl (C=O) groups excluding carboxylic acids is 1. The van der Waals surface area contributed by atoms with Crippen LogP contribution in [0.5, 0.6) is 0 Å². The first kappa shape index (κ1) is 63.2. The molecule has 2 aromatic heterocycles. The zero-order valence-corrected chi connectivity index (χ0v) is 49.6. The molecule has 25 heteroatoms. The van der Waals surface area contributed by atoms with Gasteiger partial charge in [0.25, 0.3) is 0 Å². The lowest BCUT2D eigenvalue weighted by Crippen LogP contribution is -2.66. The molecule has 4 saturated heterocycles. The van der Waals surface area contributed by atoms with Gasteiger partial charge in [-0.1, -0.05) is 27.2 Å². The van der Waals surface area contributed by atoms with E-state index >= 15 is 0 Å².